The highest BCUT2D eigenvalue weighted by Gasteiger charge is 2.31. The number of aromatic nitrogens is 4. The van der Waals surface area contributed by atoms with E-state index in [1.807, 2.05) is 11.8 Å². The van der Waals surface area contributed by atoms with Crippen LogP contribution in [0, 0.1) is 11.6 Å². The van der Waals surface area contributed by atoms with E-state index in [2.05, 4.69) is 19.9 Å². The summed E-state index contributed by atoms with van der Waals surface area (Å²) >= 11 is 0. The summed E-state index contributed by atoms with van der Waals surface area (Å²) in [6.07, 6.45) is 5.65. The molecular weight excluding hydrogens is 324 g/mol. The summed E-state index contributed by atoms with van der Waals surface area (Å²) in [6.45, 7) is 2.48. The van der Waals surface area contributed by atoms with Gasteiger partial charge in [-0.2, -0.15) is 0 Å². The van der Waals surface area contributed by atoms with Gasteiger partial charge < -0.3 is 4.90 Å². The van der Waals surface area contributed by atoms with Crippen molar-refractivity contribution in [3.8, 4) is 11.6 Å². The van der Waals surface area contributed by atoms with Crippen molar-refractivity contribution in [2.45, 2.75) is 25.9 Å². The minimum atomic E-state index is -0.823. The number of fused-ring (bicyclic) bond motifs is 1. The number of anilines is 1. The van der Waals surface area contributed by atoms with Gasteiger partial charge in [0.25, 0.3) is 0 Å². The fraction of sp³-hybridized carbons (Fsp3) is 0.222. The summed E-state index contributed by atoms with van der Waals surface area (Å²) in [5.74, 6) is -0.106. The van der Waals surface area contributed by atoms with Crippen LogP contribution in [0.2, 0.25) is 0 Å². The first-order valence-electron chi connectivity index (χ1n) is 8.02. The molecule has 25 heavy (non-hydrogen) atoms. The van der Waals surface area contributed by atoms with Crippen LogP contribution in [0.4, 0.5) is 14.6 Å². The molecule has 1 aromatic carbocycles. The molecule has 3 heterocycles. The minimum Gasteiger partial charge on any atom is -0.345 e. The van der Waals surface area contributed by atoms with E-state index in [0.29, 0.717) is 24.0 Å². The van der Waals surface area contributed by atoms with Crippen molar-refractivity contribution in [3.63, 3.8) is 0 Å². The van der Waals surface area contributed by atoms with E-state index in [4.69, 9.17) is 0 Å². The molecule has 0 N–H and O–H groups in total. The Bertz CT molecular complexity index is 917. The Hall–Kier alpha value is -2.96. The van der Waals surface area contributed by atoms with Crippen LogP contribution in [-0.2, 0) is 6.54 Å². The first kappa shape index (κ1) is 15.6. The van der Waals surface area contributed by atoms with Crippen molar-refractivity contribution in [3.05, 3.63) is 65.6 Å². The van der Waals surface area contributed by atoms with Crippen molar-refractivity contribution >= 4 is 5.82 Å². The second kappa shape index (κ2) is 6.16. The summed E-state index contributed by atoms with van der Waals surface area (Å²) in [6, 6.07) is 6.01. The molecule has 0 bridgehead atoms. The Kier molecular flexibility index (Phi) is 3.83. The van der Waals surface area contributed by atoms with Crippen molar-refractivity contribution < 1.29 is 8.78 Å². The number of rotatable bonds is 3. The van der Waals surface area contributed by atoms with Crippen LogP contribution in [0.3, 0.4) is 0 Å². The molecule has 5 nitrogen and oxygen atoms in total. The first-order chi connectivity index (χ1) is 12.2. The Morgan fingerprint density at radius 2 is 1.76 bits per heavy atom. The predicted octanol–water partition coefficient (Wildman–Crippen LogP) is 3.68. The maximum absolute atomic E-state index is 13.7. The summed E-state index contributed by atoms with van der Waals surface area (Å²) in [4.78, 5) is 19.1. The molecule has 4 rings (SSSR count). The molecule has 3 aromatic rings. The van der Waals surface area contributed by atoms with Gasteiger partial charge in [0, 0.05) is 25.1 Å². The second-order valence-corrected chi connectivity index (χ2v) is 5.83. The van der Waals surface area contributed by atoms with E-state index < -0.39 is 11.6 Å². The average molecular weight is 339 g/mol. The molecule has 0 radical (unpaired) electrons. The Balaban J connectivity index is 1.73. The SMILES string of the molecule is CCC1c2cc(F)c(F)cc2CN1c1ccnc(-c2ncccn2)n1. The summed E-state index contributed by atoms with van der Waals surface area (Å²) < 4.78 is 27.2. The van der Waals surface area contributed by atoms with Gasteiger partial charge in [-0.05, 0) is 41.8 Å². The normalized spacial score (nSPS) is 16.1. The van der Waals surface area contributed by atoms with Crippen LogP contribution in [0.5, 0.6) is 0 Å². The standard InChI is InChI=1S/C18H15F2N5/c1-2-15-12-9-14(20)13(19)8-11(12)10-25(15)16-4-7-23-18(24-16)17-21-5-3-6-22-17/h3-9,15H,2,10H2,1H3. The van der Waals surface area contributed by atoms with Crippen molar-refractivity contribution in [2.75, 3.05) is 4.90 Å². The Labute approximate surface area is 143 Å². The maximum atomic E-state index is 13.7. The predicted molar refractivity (Wildman–Crippen MR) is 88.6 cm³/mol. The molecule has 0 saturated heterocycles. The third kappa shape index (κ3) is 2.71. The fourth-order valence-electron chi connectivity index (χ4n) is 3.22. The van der Waals surface area contributed by atoms with E-state index in [0.717, 1.165) is 17.5 Å². The Morgan fingerprint density at radius 3 is 2.52 bits per heavy atom. The van der Waals surface area contributed by atoms with Gasteiger partial charge in [-0.15, -0.1) is 0 Å². The highest BCUT2D eigenvalue weighted by atomic mass is 19.2. The van der Waals surface area contributed by atoms with E-state index >= 15 is 0 Å². The zero-order valence-electron chi connectivity index (χ0n) is 13.5. The lowest BCUT2D eigenvalue weighted by atomic mass is 10.0. The molecule has 0 fully saturated rings. The molecule has 1 aliphatic heterocycles. The van der Waals surface area contributed by atoms with Gasteiger partial charge in [0.2, 0.25) is 0 Å². The van der Waals surface area contributed by atoms with Crippen LogP contribution >= 0.6 is 0 Å². The lowest BCUT2D eigenvalue weighted by molar-refractivity contribution is 0.505. The van der Waals surface area contributed by atoms with Crippen LogP contribution in [0.1, 0.15) is 30.5 Å². The molecule has 1 atom stereocenters. The third-order valence-electron chi connectivity index (χ3n) is 4.35. The van der Waals surface area contributed by atoms with Gasteiger partial charge in [0.1, 0.15) is 5.82 Å². The zero-order chi connectivity index (χ0) is 17.4. The fourth-order valence-corrected chi connectivity index (χ4v) is 3.22. The van der Waals surface area contributed by atoms with Crippen molar-refractivity contribution in [1.29, 1.82) is 0 Å². The minimum absolute atomic E-state index is 0.0652. The Morgan fingerprint density at radius 1 is 1.04 bits per heavy atom. The molecule has 0 spiro atoms. The number of hydrogen-bond acceptors (Lipinski definition) is 5. The smallest absolute Gasteiger partial charge is 0.199 e. The molecule has 0 amide bonds. The summed E-state index contributed by atoms with van der Waals surface area (Å²) in [7, 11) is 0. The molecule has 7 heteroatoms. The van der Waals surface area contributed by atoms with Gasteiger partial charge in [0.15, 0.2) is 23.3 Å². The van der Waals surface area contributed by atoms with E-state index in [9.17, 15) is 8.78 Å². The number of halogens is 2. The lowest BCUT2D eigenvalue weighted by Gasteiger charge is -2.25. The van der Waals surface area contributed by atoms with Crippen LogP contribution in [0.15, 0.2) is 42.9 Å². The van der Waals surface area contributed by atoms with Crippen LogP contribution < -0.4 is 4.90 Å². The average Bonchev–Trinajstić information content (AvgIpc) is 3.00. The van der Waals surface area contributed by atoms with Crippen LogP contribution in [0.25, 0.3) is 11.6 Å². The summed E-state index contributed by atoms with van der Waals surface area (Å²) in [5, 5.41) is 0. The number of nitrogens with zero attached hydrogens (tertiary/aromatic N) is 5. The summed E-state index contributed by atoms with van der Waals surface area (Å²) in [5.41, 5.74) is 1.58. The molecular formula is C18H15F2N5. The van der Waals surface area contributed by atoms with E-state index in [1.54, 1.807) is 30.7 Å². The molecule has 0 aliphatic carbocycles. The maximum Gasteiger partial charge on any atom is 0.199 e. The monoisotopic (exact) mass is 339 g/mol. The molecule has 0 saturated carbocycles. The number of benzene rings is 1. The molecule has 2 aromatic heterocycles. The quantitative estimate of drug-likeness (QED) is 0.728. The van der Waals surface area contributed by atoms with E-state index in [1.165, 1.54) is 12.1 Å². The van der Waals surface area contributed by atoms with Gasteiger partial charge in [-0.3, -0.25) is 0 Å². The van der Waals surface area contributed by atoms with Gasteiger partial charge >= 0.3 is 0 Å². The first-order valence-corrected chi connectivity index (χ1v) is 8.02. The number of hydrogen-bond donors (Lipinski definition) is 0. The molecule has 1 unspecified atom stereocenters. The van der Waals surface area contributed by atoms with Gasteiger partial charge in [-0.25, -0.2) is 28.7 Å². The van der Waals surface area contributed by atoms with Crippen molar-refractivity contribution in [2.24, 2.45) is 0 Å². The van der Waals surface area contributed by atoms with E-state index in [-0.39, 0.29) is 6.04 Å². The van der Waals surface area contributed by atoms with Crippen molar-refractivity contribution in [1.82, 2.24) is 19.9 Å². The molecule has 126 valence electrons. The molecule has 1 aliphatic rings. The van der Waals surface area contributed by atoms with Crippen LogP contribution in [-0.4, -0.2) is 19.9 Å². The second-order valence-electron chi connectivity index (χ2n) is 5.83. The highest BCUT2D eigenvalue weighted by Crippen LogP contribution is 2.39. The zero-order valence-corrected chi connectivity index (χ0v) is 13.5. The topological polar surface area (TPSA) is 54.8 Å². The largest absolute Gasteiger partial charge is 0.345 e. The van der Waals surface area contributed by atoms with Gasteiger partial charge in [-0.1, -0.05) is 6.92 Å². The third-order valence-corrected chi connectivity index (χ3v) is 4.35. The van der Waals surface area contributed by atoms with Gasteiger partial charge in [0.05, 0.1) is 6.04 Å². The lowest BCUT2D eigenvalue weighted by Crippen LogP contribution is -2.22. The highest BCUT2D eigenvalue weighted by molar-refractivity contribution is 5.54.